The van der Waals surface area contributed by atoms with Gasteiger partial charge in [0.15, 0.2) is 0 Å². The molecule has 2 unspecified atom stereocenters. The zero-order chi connectivity index (χ0) is 13.8. The predicted molar refractivity (Wildman–Crippen MR) is 59.9 cm³/mol. The number of aliphatic hydroxyl groups is 1. The highest BCUT2D eigenvalue weighted by Gasteiger charge is 2.36. The lowest BCUT2D eigenvalue weighted by Crippen LogP contribution is -2.47. The minimum absolute atomic E-state index is 0.134. The van der Waals surface area contributed by atoms with Crippen LogP contribution in [0.2, 0.25) is 0 Å². The van der Waals surface area contributed by atoms with Crippen molar-refractivity contribution in [1.29, 1.82) is 0 Å². The summed E-state index contributed by atoms with van der Waals surface area (Å²) in [5.74, 6) is -0.884. The number of aliphatic hydroxyl groups excluding tert-OH is 1. The van der Waals surface area contributed by atoms with Gasteiger partial charge < -0.3 is 15.3 Å². The van der Waals surface area contributed by atoms with Crippen LogP contribution in [0.4, 0.5) is 13.2 Å². The second kappa shape index (κ2) is 6.38. The third kappa shape index (κ3) is 4.81. The van der Waals surface area contributed by atoms with E-state index in [1.54, 1.807) is 0 Å². The van der Waals surface area contributed by atoms with Gasteiger partial charge in [0.2, 0.25) is 5.91 Å². The summed E-state index contributed by atoms with van der Waals surface area (Å²) in [6.07, 6.45) is -3.34. The van der Waals surface area contributed by atoms with Crippen molar-refractivity contribution < 1.29 is 23.1 Å². The Balaban J connectivity index is 2.63. The smallest absolute Gasteiger partial charge is 0.395 e. The van der Waals surface area contributed by atoms with Gasteiger partial charge in [0.1, 0.15) is 6.54 Å². The van der Waals surface area contributed by atoms with E-state index >= 15 is 0 Å². The van der Waals surface area contributed by atoms with Crippen molar-refractivity contribution in [1.82, 2.24) is 10.2 Å². The van der Waals surface area contributed by atoms with E-state index < -0.39 is 25.2 Å². The van der Waals surface area contributed by atoms with Crippen molar-refractivity contribution in [3.8, 4) is 0 Å². The maximum Gasteiger partial charge on any atom is 0.406 e. The van der Waals surface area contributed by atoms with E-state index in [1.807, 2.05) is 6.92 Å². The topological polar surface area (TPSA) is 52.6 Å². The number of halogens is 3. The first kappa shape index (κ1) is 15.2. The van der Waals surface area contributed by atoms with Crippen LogP contribution < -0.4 is 5.32 Å². The summed E-state index contributed by atoms with van der Waals surface area (Å²) in [6, 6.07) is 0.134. The molecule has 0 saturated carbocycles. The largest absolute Gasteiger partial charge is 0.406 e. The molecule has 0 aliphatic carbocycles. The third-order valence-electron chi connectivity index (χ3n) is 3.02. The van der Waals surface area contributed by atoms with Crippen LogP contribution in [0.25, 0.3) is 0 Å². The fourth-order valence-electron chi connectivity index (χ4n) is 2.22. The molecule has 0 aromatic rings. The molecule has 106 valence electrons. The van der Waals surface area contributed by atoms with Crippen LogP contribution in [-0.2, 0) is 4.79 Å². The molecule has 18 heavy (non-hydrogen) atoms. The molecular weight excluding hydrogens is 249 g/mol. The minimum Gasteiger partial charge on any atom is -0.395 e. The summed E-state index contributed by atoms with van der Waals surface area (Å²) in [7, 11) is 0. The molecule has 1 amide bonds. The highest BCUT2D eigenvalue weighted by Crippen LogP contribution is 2.22. The van der Waals surface area contributed by atoms with Crippen molar-refractivity contribution in [2.75, 3.05) is 26.2 Å². The predicted octanol–water partition coefficient (Wildman–Crippen LogP) is 0.758. The van der Waals surface area contributed by atoms with Gasteiger partial charge in [-0.05, 0) is 26.3 Å². The Kier molecular flexibility index (Phi) is 5.40. The van der Waals surface area contributed by atoms with E-state index in [9.17, 15) is 18.0 Å². The first-order chi connectivity index (χ1) is 8.33. The van der Waals surface area contributed by atoms with E-state index in [1.165, 1.54) is 0 Å². The van der Waals surface area contributed by atoms with Crippen molar-refractivity contribution >= 4 is 5.91 Å². The van der Waals surface area contributed by atoms with Gasteiger partial charge in [-0.3, -0.25) is 4.79 Å². The molecule has 2 N–H and O–H groups in total. The maximum atomic E-state index is 12.3. The van der Waals surface area contributed by atoms with Crippen LogP contribution in [-0.4, -0.2) is 54.4 Å². The molecule has 0 radical (unpaired) electrons. The molecule has 0 aromatic heterocycles. The lowest BCUT2D eigenvalue weighted by atomic mass is 9.92. The van der Waals surface area contributed by atoms with Crippen molar-refractivity contribution in [2.24, 2.45) is 5.92 Å². The van der Waals surface area contributed by atoms with Crippen LogP contribution in [0.5, 0.6) is 0 Å². The Morgan fingerprint density at radius 1 is 1.50 bits per heavy atom. The maximum absolute atomic E-state index is 12.3. The van der Waals surface area contributed by atoms with Crippen LogP contribution in [0, 0.1) is 5.92 Å². The number of nitrogens with one attached hydrogen (secondary N) is 1. The van der Waals surface area contributed by atoms with Gasteiger partial charge in [-0.15, -0.1) is 0 Å². The van der Waals surface area contributed by atoms with Gasteiger partial charge in [-0.2, -0.15) is 13.2 Å². The molecular formula is C11H19F3N2O2. The highest BCUT2D eigenvalue weighted by atomic mass is 19.4. The number of carbonyl (C=O) groups is 1. The Labute approximate surface area is 104 Å². The summed E-state index contributed by atoms with van der Waals surface area (Å²) in [6.45, 7) is 0.528. The molecule has 2 atom stereocenters. The van der Waals surface area contributed by atoms with Crippen molar-refractivity contribution in [3.63, 3.8) is 0 Å². The van der Waals surface area contributed by atoms with Crippen LogP contribution in [0.15, 0.2) is 0 Å². The molecule has 0 spiro atoms. The number of hydrogen-bond acceptors (Lipinski definition) is 3. The zero-order valence-corrected chi connectivity index (χ0v) is 10.3. The first-order valence-corrected chi connectivity index (χ1v) is 6.03. The quantitative estimate of drug-likeness (QED) is 0.791. The molecule has 4 nitrogen and oxygen atoms in total. The number of nitrogens with zero attached hydrogens (tertiary/aromatic N) is 1. The number of amides is 1. The number of rotatable bonds is 4. The number of piperidine rings is 1. The van der Waals surface area contributed by atoms with Gasteiger partial charge in [0.25, 0.3) is 0 Å². The Morgan fingerprint density at radius 2 is 2.17 bits per heavy atom. The average Bonchev–Trinajstić information content (AvgIpc) is 2.26. The summed E-state index contributed by atoms with van der Waals surface area (Å²) in [4.78, 5) is 12.7. The molecule has 1 rings (SSSR count). The van der Waals surface area contributed by atoms with Crippen LogP contribution in [0.3, 0.4) is 0 Å². The normalized spacial score (nSPS) is 24.9. The van der Waals surface area contributed by atoms with Crippen molar-refractivity contribution in [2.45, 2.75) is 32.0 Å². The van der Waals surface area contributed by atoms with Crippen LogP contribution in [0.1, 0.15) is 19.8 Å². The summed E-state index contributed by atoms with van der Waals surface area (Å²) >= 11 is 0. The molecule has 0 bridgehead atoms. The Bertz CT molecular complexity index is 284. The van der Waals surface area contributed by atoms with Gasteiger partial charge in [-0.25, -0.2) is 0 Å². The highest BCUT2D eigenvalue weighted by molar-refractivity contribution is 5.79. The number of hydrogen-bond donors (Lipinski definition) is 2. The molecule has 1 saturated heterocycles. The molecule has 1 heterocycles. The van der Waals surface area contributed by atoms with Crippen molar-refractivity contribution in [3.05, 3.63) is 0 Å². The Morgan fingerprint density at radius 3 is 2.67 bits per heavy atom. The molecule has 0 aromatic carbocycles. The second-order valence-electron chi connectivity index (χ2n) is 4.68. The molecule has 1 aliphatic rings. The summed E-state index contributed by atoms with van der Waals surface area (Å²) < 4.78 is 37.0. The molecule has 1 fully saturated rings. The van der Waals surface area contributed by atoms with E-state index in [4.69, 9.17) is 5.11 Å². The lowest BCUT2D eigenvalue weighted by molar-refractivity contribution is -0.165. The van der Waals surface area contributed by atoms with Gasteiger partial charge in [0.05, 0.1) is 6.61 Å². The van der Waals surface area contributed by atoms with E-state index in [0.29, 0.717) is 24.3 Å². The standard InChI is InChI=1S/C11H19F3N2O2/c1-8-6-9(2-3-15-8)10(18)16(4-5-17)7-11(12,13)14/h8-9,15,17H,2-7H2,1H3. The van der Waals surface area contributed by atoms with E-state index in [2.05, 4.69) is 5.32 Å². The van der Waals surface area contributed by atoms with Gasteiger partial charge in [0, 0.05) is 18.5 Å². The monoisotopic (exact) mass is 268 g/mol. The first-order valence-electron chi connectivity index (χ1n) is 6.03. The summed E-state index contributed by atoms with van der Waals surface area (Å²) in [5.41, 5.74) is 0. The average molecular weight is 268 g/mol. The summed E-state index contributed by atoms with van der Waals surface area (Å²) in [5, 5.41) is 11.9. The lowest BCUT2D eigenvalue weighted by Gasteiger charge is -2.32. The fraction of sp³-hybridized carbons (Fsp3) is 0.909. The third-order valence-corrected chi connectivity index (χ3v) is 3.02. The van der Waals surface area contributed by atoms with E-state index in [-0.39, 0.29) is 18.5 Å². The second-order valence-corrected chi connectivity index (χ2v) is 4.68. The van der Waals surface area contributed by atoms with E-state index in [0.717, 1.165) is 0 Å². The molecule has 7 heteroatoms. The molecule has 1 aliphatic heterocycles. The van der Waals surface area contributed by atoms with Gasteiger partial charge in [-0.1, -0.05) is 0 Å². The zero-order valence-electron chi connectivity index (χ0n) is 10.3. The minimum atomic E-state index is -4.43. The van der Waals surface area contributed by atoms with Crippen LogP contribution >= 0.6 is 0 Å². The fourth-order valence-corrected chi connectivity index (χ4v) is 2.22. The number of alkyl halides is 3. The SMILES string of the molecule is CC1CC(C(=O)N(CCO)CC(F)(F)F)CCN1. The Hall–Kier alpha value is -0.820. The van der Waals surface area contributed by atoms with Gasteiger partial charge >= 0.3 is 6.18 Å². The number of carbonyl (C=O) groups excluding carboxylic acids is 1.